The smallest absolute Gasteiger partial charge is 0.129 e. The van der Waals surface area contributed by atoms with E-state index < -0.39 is 0 Å². The van der Waals surface area contributed by atoms with Crippen molar-refractivity contribution in [3.8, 4) is 0 Å². The minimum Gasteiger partial charge on any atom is -0.363 e. The summed E-state index contributed by atoms with van der Waals surface area (Å²) in [5.41, 5.74) is 1.22. The second-order valence-corrected chi connectivity index (χ2v) is 4.04. The third-order valence-electron chi connectivity index (χ3n) is 2.45. The van der Waals surface area contributed by atoms with Crippen LogP contribution in [-0.2, 0) is 6.42 Å². The first kappa shape index (κ1) is 10.4. The van der Waals surface area contributed by atoms with Crippen LogP contribution in [-0.4, -0.2) is 35.9 Å². The molecule has 4 heteroatoms. The summed E-state index contributed by atoms with van der Waals surface area (Å²) in [6, 6.07) is 3.86. The molecule has 0 unspecified atom stereocenters. The molecule has 0 bridgehead atoms. The van der Waals surface area contributed by atoms with E-state index in [0.29, 0.717) is 5.15 Å². The van der Waals surface area contributed by atoms with Crippen LogP contribution in [0, 0.1) is 0 Å². The molecule has 0 amide bonds. The second-order valence-electron chi connectivity index (χ2n) is 3.65. The van der Waals surface area contributed by atoms with E-state index in [1.807, 2.05) is 24.7 Å². The first-order chi connectivity index (χ1) is 7.34. The molecule has 0 spiro atoms. The summed E-state index contributed by atoms with van der Waals surface area (Å²) in [6.07, 6.45) is 5.95. The predicted molar refractivity (Wildman–Crippen MR) is 62.5 cm³/mol. The maximum atomic E-state index is 5.72. The van der Waals surface area contributed by atoms with E-state index in [1.54, 1.807) is 0 Å². The van der Waals surface area contributed by atoms with Crippen molar-refractivity contribution in [3.63, 3.8) is 0 Å². The van der Waals surface area contributed by atoms with Crippen LogP contribution >= 0.6 is 11.6 Å². The van der Waals surface area contributed by atoms with Crippen molar-refractivity contribution in [3.05, 3.63) is 29.0 Å². The van der Waals surface area contributed by atoms with Crippen molar-refractivity contribution in [2.45, 2.75) is 12.8 Å². The summed E-state index contributed by atoms with van der Waals surface area (Å²) in [7, 11) is 0. The SMILES string of the molecule is Clc1ccc(CCN2C=NCCC2)cn1. The Balaban J connectivity index is 1.84. The Morgan fingerprint density at radius 2 is 2.33 bits per heavy atom. The molecule has 2 rings (SSSR count). The fourth-order valence-electron chi connectivity index (χ4n) is 1.59. The standard InChI is InChI=1S/C11H14ClN3/c12-11-3-2-10(8-14-11)4-7-15-6-1-5-13-9-15/h2-3,8-9H,1,4-7H2. The lowest BCUT2D eigenvalue weighted by Gasteiger charge is -2.22. The Morgan fingerprint density at radius 1 is 1.40 bits per heavy atom. The molecule has 0 saturated carbocycles. The number of rotatable bonds is 3. The monoisotopic (exact) mass is 223 g/mol. The van der Waals surface area contributed by atoms with Gasteiger partial charge in [-0.1, -0.05) is 17.7 Å². The van der Waals surface area contributed by atoms with Gasteiger partial charge in [0.1, 0.15) is 5.15 Å². The van der Waals surface area contributed by atoms with E-state index in [1.165, 1.54) is 5.56 Å². The fraction of sp³-hybridized carbons (Fsp3) is 0.455. The summed E-state index contributed by atoms with van der Waals surface area (Å²) in [5.74, 6) is 0. The maximum absolute atomic E-state index is 5.72. The molecule has 0 radical (unpaired) electrons. The Bertz CT molecular complexity index is 334. The number of nitrogens with zero attached hydrogens (tertiary/aromatic N) is 3. The summed E-state index contributed by atoms with van der Waals surface area (Å²) >= 11 is 5.72. The van der Waals surface area contributed by atoms with Crippen molar-refractivity contribution in [2.75, 3.05) is 19.6 Å². The van der Waals surface area contributed by atoms with Gasteiger partial charge in [-0.2, -0.15) is 0 Å². The zero-order valence-electron chi connectivity index (χ0n) is 8.56. The molecule has 0 aliphatic carbocycles. The molecular weight excluding hydrogens is 210 g/mol. The van der Waals surface area contributed by atoms with E-state index in [9.17, 15) is 0 Å². The molecule has 0 fully saturated rings. The van der Waals surface area contributed by atoms with Crippen molar-refractivity contribution in [2.24, 2.45) is 4.99 Å². The first-order valence-corrected chi connectivity index (χ1v) is 5.57. The van der Waals surface area contributed by atoms with Gasteiger partial charge in [-0.05, 0) is 24.5 Å². The lowest BCUT2D eigenvalue weighted by atomic mass is 10.2. The summed E-state index contributed by atoms with van der Waals surface area (Å²) in [4.78, 5) is 10.6. The zero-order chi connectivity index (χ0) is 10.5. The highest BCUT2D eigenvalue weighted by molar-refractivity contribution is 6.29. The van der Waals surface area contributed by atoms with Crippen molar-refractivity contribution < 1.29 is 0 Å². The largest absolute Gasteiger partial charge is 0.363 e. The summed E-state index contributed by atoms with van der Waals surface area (Å²) < 4.78 is 0. The fourth-order valence-corrected chi connectivity index (χ4v) is 1.70. The van der Waals surface area contributed by atoms with Crippen LogP contribution in [0.15, 0.2) is 23.3 Å². The number of halogens is 1. The predicted octanol–water partition coefficient (Wildman–Crippen LogP) is 2.01. The maximum Gasteiger partial charge on any atom is 0.129 e. The van der Waals surface area contributed by atoms with Gasteiger partial charge in [0.25, 0.3) is 0 Å². The highest BCUT2D eigenvalue weighted by atomic mass is 35.5. The van der Waals surface area contributed by atoms with Crippen molar-refractivity contribution >= 4 is 17.9 Å². The van der Waals surface area contributed by atoms with Crippen molar-refractivity contribution in [1.29, 1.82) is 0 Å². The third kappa shape index (κ3) is 3.20. The van der Waals surface area contributed by atoms with Gasteiger partial charge in [-0.3, -0.25) is 4.99 Å². The van der Waals surface area contributed by atoms with Crippen LogP contribution in [0.5, 0.6) is 0 Å². The molecule has 0 aromatic carbocycles. The van der Waals surface area contributed by atoms with Gasteiger partial charge in [0.05, 0.1) is 6.34 Å². The van der Waals surface area contributed by atoms with Crippen LogP contribution in [0.4, 0.5) is 0 Å². The van der Waals surface area contributed by atoms with Gasteiger partial charge in [0.15, 0.2) is 0 Å². The Hall–Kier alpha value is -1.09. The quantitative estimate of drug-likeness (QED) is 0.734. The average Bonchev–Trinajstić information content (AvgIpc) is 2.30. The first-order valence-electron chi connectivity index (χ1n) is 5.19. The highest BCUT2D eigenvalue weighted by Gasteiger charge is 2.04. The van der Waals surface area contributed by atoms with Gasteiger partial charge in [0, 0.05) is 25.8 Å². The van der Waals surface area contributed by atoms with Crippen LogP contribution in [0.25, 0.3) is 0 Å². The average molecular weight is 224 g/mol. The van der Waals surface area contributed by atoms with Crippen LogP contribution < -0.4 is 0 Å². The van der Waals surface area contributed by atoms with Gasteiger partial charge in [-0.25, -0.2) is 4.98 Å². The van der Waals surface area contributed by atoms with Crippen molar-refractivity contribution in [1.82, 2.24) is 9.88 Å². The van der Waals surface area contributed by atoms with E-state index in [-0.39, 0.29) is 0 Å². The highest BCUT2D eigenvalue weighted by Crippen LogP contribution is 2.06. The number of hydrogen-bond donors (Lipinski definition) is 0. The molecule has 1 aromatic heterocycles. The molecule has 1 aromatic rings. The van der Waals surface area contributed by atoms with Crippen LogP contribution in [0.1, 0.15) is 12.0 Å². The molecule has 80 valence electrons. The molecule has 0 N–H and O–H groups in total. The van der Waals surface area contributed by atoms with E-state index in [0.717, 1.165) is 32.5 Å². The number of hydrogen-bond acceptors (Lipinski definition) is 3. The molecule has 15 heavy (non-hydrogen) atoms. The van der Waals surface area contributed by atoms with Gasteiger partial charge in [0.2, 0.25) is 0 Å². The molecule has 3 nitrogen and oxygen atoms in total. The molecule has 1 aliphatic rings. The Morgan fingerprint density at radius 3 is 3.00 bits per heavy atom. The van der Waals surface area contributed by atoms with E-state index >= 15 is 0 Å². The minimum absolute atomic E-state index is 0.554. The van der Waals surface area contributed by atoms with Crippen LogP contribution in [0.2, 0.25) is 5.15 Å². The number of aliphatic imine (C=N–C) groups is 1. The number of aromatic nitrogens is 1. The lowest BCUT2D eigenvalue weighted by molar-refractivity contribution is 0.411. The Kier molecular flexibility index (Phi) is 3.56. The molecule has 0 saturated heterocycles. The van der Waals surface area contributed by atoms with Crippen LogP contribution in [0.3, 0.4) is 0 Å². The second kappa shape index (κ2) is 5.12. The van der Waals surface area contributed by atoms with E-state index in [4.69, 9.17) is 11.6 Å². The zero-order valence-corrected chi connectivity index (χ0v) is 9.32. The third-order valence-corrected chi connectivity index (χ3v) is 2.68. The lowest BCUT2D eigenvalue weighted by Crippen LogP contribution is -2.29. The molecular formula is C11H14ClN3. The normalized spacial score (nSPS) is 15.7. The van der Waals surface area contributed by atoms with E-state index in [2.05, 4.69) is 14.9 Å². The van der Waals surface area contributed by atoms with Gasteiger partial charge >= 0.3 is 0 Å². The van der Waals surface area contributed by atoms with Gasteiger partial charge < -0.3 is 4.90 Å². The Labute approximate surface area is 94.8 Å². The molecule has 2 heterocycles. The molecule has 0 atom stereocenters. The number of pyridine rings is 1. The summed E-state index contributed by atoms with van der Waals surface area (Å²) in [6.45, 7) is 3.09. The topological polar surface area (TPSA) is 28.5 Å². The molecule has 1 aliphatic heterocycles. The minimum atomic E-state index is 0.554. The van der Waals surface area contributed by atoms with Gasteiger partial charge in [-0.15, -0.1) is 0 Å². The summed E-state index contributed by atoms with van der Waals surface area (Å²) in [5, 5.41) is 0.554.